The molecule has 0 aromatic carbocycles. The predicted molar refractivity (Wildman–Crippen MR) is 67.5 cm³/mol. The van der Waals surface area contributed by atoms with Crippen LogP contribution in [0.4, 0.5) is 0 Å². The van der Waals surface area contributed by atoms with Crippen LogP contribution in [0.5, 0.6) is 0 Å². The summed E-state index contributed by atoms with van der Waals surface area (Å²) in [5.74, 6) is 2.15. The zero-order chi connectivity index (χ0) is 11.1. The van der Waals surface area contributed by atoms with E-state index in [1.54, 1.807) is 6.42 Å². The van der Waals surface area contributed by atoms with Gasteiger partial charge in [0.25, 0.3) is 0 Å². The third-order valence-corrected chi connectivity index (χ3v) is 4.96. The zero-order valence-corrected chi connectivity index (χ0v) is 10.8. The first-order valence-electron chi connectivity index (χ1n) is 7.22. The van der Waals surface area contributed by atoms with Gasteiger partial charge in [-0.1, -0.05) is 20.3 Å². The Bertz CT molecular complexity index is 251. The van der Waals surface area contributed by atoms with Crippen molar-refractivity contribution in [1.29, 1.82) is 0 Å². The topological polar surface area (TPSA) is 15.3 Å². The van der Waals surface area contributed by atoms with Gasteiger partial charge in [-0.25, -0.2) is 0 Å². The number of hydrogen-bond donors (Lipinski definition) is 1. The fraction of sp³-hybridized carbons (Fsp3) is 1.00. The molecule has 3 fully saturated rings. The molecule has 0 spiro atoms. The highest BCUT2D eigenvalue weighted by atomic mass is 15.2. The van der Waals surface area contributed by atoms with Crippen molar-refractivity contribution in [3.05, 3.63) is 0 Å². The highest BCUT2D eigenvalue weighted by molar-refractivity contribution is 4.98. The van der Waals surface area contributed by atoms with Gasteiger partial charge >= 0.3 is 0 Å². The maximum atomic E-state index is 3.70. The molecule has 16 heavy (non-hydrogen) atoms. The van der Waals surface area contributed by atoms with Crippen LogP contribution >= 0.6 is 0 Å². The predicted octanol–water partition coefficient (Wildman–Crippen LogP) is 2.25. The van der Waals surface area contributed by atoms with Gasteiger partial charge in [-0.05, 0) is 37.5 Å². The summed E-state index contributed by atoms with van der Waals surface area (Å²) in [4.78, 5) is 2.80. The number of rotatable bonds is 3. The standard InChI is InChI=1S/C14H26N2/c1-10(2)15-13-5-6-16(9-13)14-8-11-3-4-12(14)7-11/h10-15H,3-9H2,1-2H3. The van der Waals surface area contributed by atoms with Crippen molar-refractivity contribution < 1.29 is 0 Å². The maximum Gasteiger partial charge on any atom is 0.0209 e. The number of likely N-dealkylation sites (tertiary alicyclic amines) is 1. The van der Waals surface area contributed by atoms with Gasteiger partial charge in [-0.2, -0.15) is 0 Å². The second-order valence-corrected chi connectivity index (χ2v) is 6.54. The number of nitrogens with one attached hydrogen (secondary N) is 1. The Hall–Kier alpha value is -0.0800. The largest absolute Gasteiger partial charge is 0.310 e. The zero-order valence-electron chi connectivity index (χ0n) is 10.8. The SMILES string of the molecule is CC(C)NC1CCN(C2CC3CCC2C3)C1. The Kier molecular flexibility index (Phi) is 2.97. The van der Waals surface area contributed by atoms with E-state index in [1.165, 1.54) is 38.8 Å². The van der Waals surface area contributed by atoms with E-state index >= 15 is 0 Å². The average molecular weight is 222 g/mol. The molecule has 0 aromatic heterocycles. The van der Waals surface area contributed by atoms with Crippen molar-refractivity contribution in [2.24, 2.45) is 11.8 Å². The summed E-state index contributed by atoms with van der Waals surface area (Å²) in [6, 6.07) is 2.36. The van der Waals surface area contributed by atoms with E-state index in [4.69, 9.17) is 0 Å². The number of nitrogens with zero attached hydrogens (tertiary/aromatic N) is 1. The first-order chi connectivity index (χ1) is 7.72. The van der Waals surface area contributed by atoms with E-state index in [2.05, 4.69) is 24.1 Å². The first-order valence-corrected chi connectivity index (χ1v) is 7.22. The molecule has 2 heteroatoms. The van der Waals surface area contributed by atoms with E-state index in [1.807, 2.05) is 0 Å². The molecule has 3 aliphatic rings. The van der Waals surface area contributed by atoms with Crippen LogP contribution in [-0.4, -0.2) is 36.1 Å². The molecule has 92 valence electrons. The van der Waals surface area contributed by atoms with Crippen LogP contribution in [0.3, 0.4) is 0 Å². The summed E-state index contributed by atoms with van der Waals surface area (Å²) in [6.45, 7) is 7.19. The van der Waals surface area contributed by atoms with Crippen LogP contribution in [-0.2, 0) is 0 Å². The third kappa shape index (κ3) is 2.02. The van der Waals surface area contributed by atoms with Gasteiger partial charge in [0.1, 0.15) is 0 Å². The Morgan fingerprint density at radius 1 is 1.12 bits per heavy atom. The molecule has 3 rings (SSSR count). The fourth-order valence-corrected chi connectivity index (χ4v) is 4.35. The van der Waals surface area contributed by atoms with Crippen molar-refractivity contribution in [2.75, 3.05) is 13.1 Å². The maximum absolute atomic E-state index is 3.70. The van der Waals surface area contributed by atoms with E-state index < -0.39 is 0 Å². The molecule has 2 saturated carbocycles. The third-order valence-electron chi connectivity index (χ3n) is 4.96. The normalized spacial score (nSPS) is 43.7. The lowest BCUT2D eigenvalue weighted by atomic mass is 9.94. The summed E-state index contributed by atoms with van der Waals surface area (Å²) in [5.41, 5.74) is 0. The smallest absolute Gasteiger partial charge is 0.0209 e. The van der Waals surface area contributed by atoms with Crippen LogP contribution in [0.1, 0.15) is 46.0 Å². The number of hydrogen-bond acceptors (Lipinski definition) is 2. The summed E-state index contributed by atoms with van der Waals surface area (Å²) in [5, 5.41) is 3.70. The molecule has 0 aromatic rings. The van der Waals surface area contributed by atoms with Crippen molar-refractivity contribution >= 4 is 0 Å². The van der Waals surface area contributed by atoms with E-state index in [9.17, 15) is 0 Å². The van der Waals surface area contributed by atoms with Gasteiger partial charge in [0.05, 0.1) is 0 Å². The minimum atomic E-state index is 0.643. The molecule has 1 aliphatic heterocycles. The van der Waals surface area contributed by atoms with Crippen LogP contribution in [0, 0.1) is 11.8 Å². The van der Waals surface area contributed by atoms with Crippen LogP contribution in [0.2, 0.25) is 0 Å². The van der Waals surface area contributed by atoms with E-state index in [0.717, 1.165) is 23.9 Å². The monoisotopic (exact) mass is 222 g/mol. The molecule has 2 nitrogen and oxygen atoms in total. The first kappa shape index (κ1) is 11.0. The Labute approximate surface area is 99.8 Å². The Balaban J connectivity index is 1.54. The van der Waals surface area contributed by atoms with E-state index in [0.29, 0.717) is 6.04 Å². The lowest BCUT2D eigenvalue weighted by Gasteiger charge is -2.31. The molecule has 1 N–H and O–H groups in total. The highest BCUT2D eigenvalue weighted by Crippen LogP contribution is 2.47. The summed E-state index contributed by atoms with van der Waals surface area (Å²) in [6.07, 6.45) is 7.48. The van der Waals surface area contributed by atoms with Crippen molar-refractivity contribution in [3.63, 3.8) is 0 Å². The average Bonchev–Trinajstić information content (AvgIpc) is 2.89. The molecule has 1 saturated heterocycles. The summed E-state index contributed by atoms with van der Waals surface area (Å²) < 4.78 is 0. The molecular weight excluding hydrogens is 196 g/mol. The minimum Gasteiger partial charge on any atom is -0.310 e. The van der Waals surface area contributed by atoms with Gasteiger partial charge < -0.3 is 5.32 Å². The quantitative estimate of drug-likeness (QED) is 0.788. The van der Waals surface area contributed by atoms with Gasteiger partial charge in [0.2, 0.25) is 0 Å². The van der Waals surface area contributed by atoms with Gasteiger partial charge in [0, 0.05) is 31.2 Å². The van der Waals surface area contributed by atoms with Gasteiger partial charge in [-0.15, -0.1) is 0 Å². The molecule has 0 radical (unpaired) electrons. The lowest BCUT2D eigenvalue weighted by molar-refractivity contribution is 0.171. The summed E-state index contributed by atoms with van der Waals surface area (Å²) >= 11 is 0. The van der Waals surface area contributed by atoms with Gasteiger partial charge in [0.15, 0.2) is 0 Å². The molecule has 1 heterocycles. The molecule has 4 atom stereocenters. The molecule has 0 amide bonds. The van der Waals surface area contributed by atoms with Crippen LogP contribution in [0.15, 0.2) is 0 Å². The van der Waals surface area contributed by atoms with E-state index in [-0.39, 0.29) is 0 Å². The Morgan fingerprint density at radius 2 is 2.00 bits per heavy atom. The second-order valence-electron chi connectivity index (χ2n) is 6.54. The molecule has 2 aliphatic carbocycles. The van der Waals surface area contributed by atoms with Crippen molar-refractivity contribution in [1.82, 2.24) is 10.2 Å². The van der Waals surface area contributed by atoms with Crippen LogP contribution < -0.4 is 5.32 Å². The molecule has 2 bridgehead atoms. The minimum absolute atomic E-state index is 0.643. The van der Waals surface area contributed by atoms with Gasteiger partial charge in [-0.3, -0.25) is 4.90 Å². The van der Waals surface area contributed by atoms with Crippen molar-refractivity contribution in [3.8, 4) is 0 Å². The Morgan fingerprint density at radius 3 is 2.62 bits per heavy atom. The second kappa shape index (κ2) is 4.30. The molecular formula is C14H26N2. The lowest BCUT2D eigenvalue weighted by Crippen LogP contribution is -2.41. The van der Waals surface area contributed by atoms with Crippen molar-refractivity contribution in [2.45, 2.75) is 64.1 Å². The summed E-state index contributed by atoms with van der Waals surface area (Å²) in [7, 11) is 0. The van der Waals surface area contributed by atoms with Crippen LogP contribution in [0.25, 0.3) is 0 Å². The fourth-order valence-electron chi connectivity index (χ4n) is 4.35. The molecule has 4 unspecified atom stereocenters. The number of fused-ring (bicyclic) bond motifs is 2. The highest BCUT2D eigenvalue weighted by Gasteiger charge is 2.43.